The van der Waals surface area contributed by atoms with E-state index in [-0.39, 0.29) is 11.4 Å². The van der Waals surface area contributed by atoms with Gasteiger partial charge in [-0.1, -0.05) is 12.1 Å². The number of imidazole rings is 1. The first-order chi connectivity index (χ1) is 8.13. The summed E-state index contributed by atoms with van der Waals surface area (Å²) in [6.45, 7) is 0. The number of esters is 1. The topological polar surface area (TPSA) is 78.1 Å². The molecule has 6 heteroatoms. The van der Waals surface area contributed by atoms with Gasteiger partial charge in [0.2, 0.25) is 0 Å². The van der Waals surface area contributed by atoms with E-state index >= 15 is 0 Å². The number of aromatic nitrogens is 2. The second-order valence-corrected chi connectivity index (χ2v) is 3.75. The van der Waals surface area contributed by atoms with Crippen LogP contribution in [0.5, 0.6) is 5.75 Å². The summed E-state index contributed by atoms with van der Waals surface area (Å²) in [6, 6.07) is 6.65. The molecule has 0 atom stereocenters. The van der Waals surface area contributed by atoms with Crippen molar-refractivity contribution in [3.05, 3.63) is 34.7 Å². The molecule has 0 aliphatic rings. The molecule has 0 fully saturated rings. The molecule has 0 radical (unpaired) electrons. The molecular weight excluding hydrogens is 240 g/mol. The van der Waals surface area contributed by atoms with Gasteiger partial charge < -0.3 is 19.8 Å². The van der Waals surface area contributed by atoms with Crippen LogP contribution in [-0.2, 0) is 4.74 Å². The van der Waals surface area contributed by atoms with Gasteiger partial charge in [0.1, 0.15) is 5.75 Å². The predicted octanol–water partition coefficient (Wildman–Crippen LogP) is 2.23. The molecular formula is C11H10N2O3S. The van der Waals surface area contributed by atoms with Crippen molar-refractivity contribution in [2.45, 2.75) is 0 Å². The minimum absolute atomic E-state index is 0.0582. The number of benzene rings is 1. The second kappa shape index (κ2) is 4.42. The van der Waals surface area contributed by atoms with Gasteiger partial charge in [-0.05, 0) is 24.4 Å². The number of rotatable bonds is 2. The highest BCUT2D eigenvalue weighted by atomic mass is 32.1. The third kappa shape index (κ3) is 2.07. The molecule has 5 nitrogen and oxygen atoms in total. The second-order valence-electron chi connectivity index (χ2n) is 3.34. The largest absolute Gasteiger partial charge is 0.507 e. The summed E-state index contributed by atoms with van der Waals surface area (Å²) in [5.74, 6) is -0.487. The summed E-state index contributed by atoms with van der Waals surface area (Å²) in [6.07, 6.45) is 0. The maximum atomic E-state index is 11.5. The van der Waals surface area contributed by atoms with E-state index in [0.717, 1.165) is 0 Å². The molecule has 0 saturated heterocycles. The Labute approximate surface area is 102 Å². The first-order valence-corrected chi connectivity index (χ1v) is 5.23. The predicted molar refractivity (Wildman–Crippen MR) is 64.4 cm³/mol. The van der Waals surface area contributed by atoms with E-state index in [0.29, 0.717) is 16.0 Å². The highest BCUT2D eigenvalue weighted by molar-refractivity contribution is 7.71. The number of phenolic OH excluding ortho intramolecular Hbond substituents is 1. The molecule has 1 aromatic heterocycles. The standard InChI is InChI=1S/C11H10N2O3S/c1-16-10(15)9-8(12-11(17)13-9)6-4-2-3-5-7(6)14/h2-5,14H,1H3,(H2,12,13,17). The van der Waals surface area contributed by atoms with E-state index in [1.165, 1.54) is 13.2 Å². The van der Waals surface area contributed by atoms with Crippen molar-refractivity contribution in [2.24, 2.45) is 0 Å². The van der Waals surface area contributed by atoms with Gasteiger partial charge in [-0.15, -0.1) is 0 Å². The molecule has 0 bridgehead atoms. The van der Waals surface area contributed by atoms with Crippen molar-refractivity contribution in [1.82, 2.24) is 9.97 Å². The number of hydrogen-bond donors (Lipinski definition) is 3. The van der Waals surface area contributed by atoms with Crippen LogP contribution in [0.1, 0.15) is 10.5 Å². The van der Waals surface area contributed by atoms with Crippen molar-refractivity contribution in [3.8, 4) is 17.0 Å². The van der Waals surface area contributed by atoms with Gasteiger partial charge in [0.15, 0.2) is 10.5 Å². The van der Waals surface area contributed by atoms with E-state index < -0.39 is 5.97 Å². The Hall–Kier alpha value is -2.08. The van der Waals surface area contributed by atoms with Crippen LogP contribution in [0.25, 0.3) is 11.3 Å². The van der Waals surface area contributed by atoms with Crippen molar-refractivity contribution in [1.29, 1.82) is 0 Å². The van der Waals surface area contributed by atoms with Gasteiger partial charge in [-0.3, -0.25) is 0 Å². The summed E-state index contributed by atoms with van der Waals surface area (Å²) >= 11 is 4.93. The van der Waals surface area contributed by atoms with Gasteiger partial charge in [0.25, 0.3) is 0 Å². The number of phenols is 1. The number of aromatic hydroxyl groups is 1. The fraction of sp³-hybridized carbons (Fsp3) is 0.0909. The molecule has 1 heterocycles. The summed E-state index contributed by atoms with van der Waals surface area (Å²) in [4.78, 5) is 17.0. The van der Waals surface area contributed by atoms with Crippen LogP contribution in [0.15, 0.2) is 24.3 Å². The van der Waals surface area contributed by atoms with Crippen molar-refractivity contribution in [2.75, 3.05) is 7.11 Å². The molecule has 2 aromatic rings. The number of aromatic amines is 2. The average molecular weight is 250 g/mol. The van der Waals surface area contributed by atoms with E-state index in [1.807, 2.05) is 0 Å². The zero-order chi connectivity index (χ0) is 12.4. The average Bonchev–Trinajstić information content (AvgIpc) is 2.71. The number of carbonyl (C=O) groups is 1. The van der Waals surface area contributed by atoms with Crippen molar-refractivity contribution >= 4 is 18.2 Å². The van der Waals surface area contributed by atoms with Crippen LogP contribution in [0.3, 0.4) is 0 Å². The number of H-pyrrole nitrogens is 2. The SMILES string of the molecule is COC(=O)c1[nH]c(=S)[nH]c1-c1ccccc1O. The van der Waals surface area contributed by atoms with E-state index in [9.17, 15) is 9.90 Å². The zero-order valence-electron chi connectivity index (χ0n) is 8.98. The van der Waals surface area contributed by atoms with Gasteiger partial charge in [-0.25, -0.2) is 4.79 Å². The molecule has 0 amide bonds. The first-order valence-electron chi connectivity index (χ1n) is 4.82. The maximum absolute atomic E-state index is 11.5. The molecule has 2 rings (SSSR count). The summed E-state index contributed by atoms with van der Waals surface area (Å²) < 4.78 is 4.93. The van der Waals surface area contributed by atoms with Crippen LogP contribution in [0.4, 0.5) is 0 Å². The highest BCUT2D eigenvalue weighted by Gasteiger charge is 2.18. The monoisotopic (exact) mass is 250 g/mol. The fourth-order valence-corrected chi connectivity index (χ4v) is 1.73. The zero-order valence-corrected chi connectivity index (χ0v) is 9.80. The molecule has 0 aliphatic heterocycles. The lowest BCUT2D eigenvalue weighted by atomic mass is 10.1. The smallest absolute Gasteiger partial charge is 0.356 e. The summed E-state index contributed by atoms with van der Waals surface area (Å²) in [5.41, 5.74) is 1.10. The molecule has 3 N–H and O–H groups in total. The Morgan fingerprint density at radius 1 is 1.35 bits per heavy atom. The van der Waals surface area contributed by atoms with Crippen LogP contribution in [0.2, 0.25) is 0 Å². The third-order valence-corrected chi connectivity index (χ3v) is 2.49. The van der Waals surface area contributed by atoms with Gasteiger partial charge >= 0.3 is 5.97 Å². The molecule has 0 spiro atoms. The molecule has 1 aromatic carbocycles. The number of carbonyl (C=O) groups excluding carboxylic acids is 1. The van der Waals surface area contributed by atoms with Gasteiger partial charge in [0, 0.05) is 5.56 Å². The van der Waals surface area contributed by atoms with Crippen LogP contribution in [0, 0.1) is 4.77 Å². The van der Waals surface area contributed by atoms with Crippen molar-refractivity contribution in [3.63, 3.8) is 0 Å². The lowest BCUT2D eigenvalue weighted by Gasteiger charge is -2.03. The van der Waals surface area contributed by atoms with Gasteiger partial charge in [0.05, 0.1) is 12.8 Å². The minimum atomic E-state index is -0.546. The third-order valence-electron chi connectivity index (χ3n) is 2.29. The molecule has 17 heavy (non-hydrogen) atoms. The minimum Gasteiger partial charge on any atom is -0.507 e. The van der Waals surface area contributed by atoms with Crippen LogP contribution < -0.4 is 0 Å². The first kappa shape index (κ1) is 11.4. The number of nitrogens with one attached hydrogen (secondary N) is 2. The Morgan fingerprint density at radius 2 is 2.06 bits per heavy atom. The maximum Gasteiger partial charge on any atom is 0.356 e. The highest BCUT2D eigenvalue weighted by Crippen LogP contribution is 2.29. The Kier molecular flexibility index (Phi) is 2.97. The molecule has 0 unspecified atom stereocenters. The van der Waals surface area contributed by atoms with Crippen LogP contribution in [-0.4, -0.2) is 28.2 Å². The molecule has 88 valence electrons. The Morgan fingerprint density at radius 3 is 2.71 bits per heavy atom. The lowest BCUT2D eigenvalue weighted by molar-refractivity contribution is 0.0595. The molecule has 0 saturated carbocycles. The Balaban J connectivity index is 2.64. The normalized spacial score (nSPS) is 10.2. The number of para-hydroxylation sites is 1. The number of hydrogen-bond acceptors (Lipinski definition) is 4. The number of ether oxygens (including phenoxy) is 1. The van der Waals surface area contributed by atoms with E-state index in [1.54, 1.807) is 18.2 Å². The van der Waals surface area contributed by atoms with Crippen molar-refractivity contribution < 1.29 is 14.6 Å². The number of methoxy groups -OCH3 is 1. The summed E-state index contributed by atoms with van der Waals surface area (Å²) in [5, 5.41) is 9.73. The lowest BCUT2D eigenvalue weighted by Crippen LogP contribution is -2.03. The van der Waals surface area contributed by atoms with Crippen LogP contribution >= 0.6 is 12.2 Å². The van der Waals surface area contributed by atoms with E-state index in [4.69, 9.17) is 12.2 Å². The van der Waals surface area contributed by atoms with Gasteiger partial charge in [-0.2, -0.15) is 0 Å². The van der Waals surface area contributed by atoms with E-state index in [2.05, 4.69) is 14.7 Å². The summed E-state index contributed by atoms with van der Waals surface area (Å²) in [7, 11) is 1.28. The quantitative estimate of drug-likeness (QED) is 0.564. The Bertz CT molecular complexity index is 615. The fourth-order valence-electron chi connectivity index (χ4n) is 1.53. The molecule has 0 aliphatic carbocycles.